The number of nitrogens with zero attached hydrogens (tertiary/aromatic N) is 2. The van der Waals surface area contributed by atoms with Crippen molar-refractivity contribution < 1.29 is 23.1 Å². The molecule has 0 atom stereocenters. The lowest BCUT2D eigenvalue weighted by molar-refractivity contribution is -0.142. The highest BCUT2D eigenvalue weighted by molar-refractivity contribution is 5.99. The first-order valence-corrected chi connectivity index (χ1v) is 9.90. The summed E-state index contributed by atoms with van der Waals surface area (Å²) in [6.45, 7) is 3.32. The van der Waals surface area contributed by atoms with Crippen molar-refractivity contribution in [1.29, 1.82) is 0 Å². The molecule has 0 bridgehead atoms. The molecule has 0 saturated heterocycles. The van der Waals surface area contributed by atoms with Gasteiger partial charge in [-0.05, 0) is 56.3 Å². The first kappa shape index (κ1) is 20.5. The number of ether oxygens (including phenoxy) is 1. The second-order valence-electron chi connectivity index (χ2n) is 7.26. The zero-order valence-electron chi connectivity index (χ0n) is 17.2. The summed E-state index contributed by atoms with van der Waals surface area (Å²) in [5.41, 5.74) is 4.15. The molecule has 0 aliphatic rings. The Morgan fingerprint density at radius 2 is 1.84 bits per heavy atom. The van der Waals surface area contributed by atoms with Gasteiger partial charge < -0.3 is 13.7 Å². The van der Waals surface area contributed by atoms with E-state index in [0.29, 0.717) is 29.2 Å². The number of carbonyl (C=O) groups excluding carboxylic acids is 2. The summed E-state index contributed by atoms with van der Waals surface area (Å²) in [5.74, 6) is -0.667. The molecular formula is C24H21FN2O4. The molecule has 0 amide bonds. The van der Waals surface area contributed by atoms with E-state index in [2.05, 4.69) is 4.98 Å². The molecule has 0 saturated carbocycles. The molecule has 31 heavy (non-hydrogen) atoms. The van der Waals surface area contributed by atoms with Crippen LogP contribution in [-0.2, 0) is 16.0 Å². The SMILES string of the molecule is Cc1cc(C(=O)COC(=O)CCc2nc3ccccc3o2)c(C)n1-c1ccc(F)cc1. The molecule has 0 aliphatic heterocycles. The van der Waals surface area contributed by atoms with E-state index < -0.39 is 5.97 Å². The standard InChI is InChI=1S/C24H21FN2O4/c1-15-13-19(16(2)27(15)18-9-7-17(25)8-10-18)21(28)14-30-24(29)12-11-23-26-20-5-3-4-6-22(20)31-23/h3-10,13H,11-12,14H2,1-2H3. The Morgan fingerprint density at radius 1 is 1.10 bits per heavy atom. The fourth-order valence-electron chi connectivity index (χ4n) is 3.56. The van der Waals surface area contributed by atoms with Crippen molar-refractivity contribution in [3.8, 4) is 5.69 Å². The Morgan fingerprint density at radius 3 is 2.58 bits per heavy atom. The Hall–Kier alpha value is -3.74. The van der Waals surface area contributed by atoms with Crippen LogP contribution in [0.3, 0.4) is 0 Å². The minimum atomic E-state index is -0.497. The Kier molecular flexibility index (Phi) is 5.66. The van der Waals surface area contributed by atoms with Gasteiger partial charge in [0.25, 0.3) is 0 Å². The molecule has 4 rings (SSSR count). The summed E-state index contributed by atoms with van der Waals surface area (Å²) in [7, 11) is 0. The summed E-state index contributed by atoms with van der Waals surface area (Å²) in [5, 5.41) is 0. The predicted octanol–water partition coefficient (Wildman–Crippen LogP) is 4.73. The van der Waals surface area contributed by atoms with Gasteiger partial charge in [-0.15, -0.1) is 0 Å². The highest BCUT2D eigenvalue weighted by Gasteiger charge is 2.18. The third kappa shape index (κ3) is 4.40. The van der Waals surface area contributed by atoms with Crippen LogP contribution in [0.15, 0.2) is 59.0 Å². The van der Waals surface area contributed by atoms with Gasteiger partial charge in [0.15, 0.2) is 18.1 Å². The number of oxazole rings is 1. The second-order valence-corrected chi connectivity index (χ2v) is 7.26. The number of para-hydroxylation sites is 2. The fraction of sp³-hybridized carbons (Fsp3) is 0.208. The third-order valence-corrected chi connectivity index (χ3v) is 5.06. The minimum absolute atomic E-state index is 0.0642. The van der Waals surface area contributed by atoms with Crippen LogP contribution in [0.1, 0.15) is 34.1 Å². The normalized spacial score (nSPS) is 11.1. The van der Waals surface area contributed by atoms with Gasteiger partial charge in [-0.3, -0.25) is 9.59 Å². The Bertz CT molecular complexity index is 1220. The molecule has 0 radical (unpaired) electrons. The number of hydrogen-bond acceptors (Lipinski definition) is 5. The average molecular weight is 420 g/mol. The maximum absolute atomic E-state index is 13.2. The molecule has 0 fully saturated rings. The van der Waals surface area contributed by atoms with Crippen molar-refractivity contribution in [3.05, 3.63) is 83.3 Å². The van der Waals surface area contributed by atoms with Gasteiger partial charge in [-0.25, -0.2) is 9.37 Å². The van der Waals surface area contributed by atoms with Crippen molar-refractivity contribution in [1.82, 2.24) is 9.55 Å². The molecule has 2 heterocycles. The maximum atomic E-state index is 13.2. The van der Waals surface area contributed by atoms with Crippen LogP contribution in [0.25, 0.3) is 16.8 Å². The van der Waals surface area contributed by atoms with E-state index in [1.807, 2.05) is 35.8 Å². The molecule has 2 aromatic carbocycles. The summed E-state index contributed by atoms with van der Waals surface area (Å²) < 4.78 is 25.8. The smallest absolute Gasteiger partial charge is 0.306 e. The summed E-state index contributed by atoms with van der Waals surface area (Å²) in [6.07, 6.45) is 0.357. The Balaban J connectivity index is 1.36. The van der Waals surface area contributed by atoms with Gasteiger partial charge in [0, 0.05) is 29.1 Å². The van der Waals surface area contributed by atoms with Gasteiger partial charge in [0.1, 0.15) is 11.3 Å². The van der Waals surface area contributed by atoms with Crippen LogP contribution in [-0.4, -0.2) is 27.9 Å². The molecule has 6 nitrogen and oxygen atoms in total. The molecule has 0 aliphatic carbocycles. The van der Waals surface area contributed by atoms with Crippen LogP contribution in [0.4, 0.5) is 4.39 Å². The first-order chi connectivity index (χ1) is 14.9. The summed E-state index contributed by atoms with van der Waals surface area (Å²) >= 11 is 0. The van der Waals surface area contributed by atoms with Crippen LogP contribution in [0, 0.1) is 19.7 Å². The number of halogens is 1. The maximum Gasteiger partial charge on any atom is 0.306 e. The lowest BCUT2D eigenvalue weighted by Crippen LogP contribution is -2.15. The molecule has 0 spiro atoms. The van der Waals surface area contributed by atoms with Crippen LogP contribution in [0.2, 0.25) is 0 Å². The molecule has 0 N–H and O–H groups in total. The van der Waals surface area contributed by atoms with Crippen molar-refractivity contribution in [2.45, 2.75) is 26.7 Å². The number of Topliss-reactive ketones (excluding diaryl/α,β-unsaturated/α-hetero) is 1. The third-order valence-electron chi connectivity index (χ3n) is 5.06. The number of benzene rings is 2. The van der Waals surface area contributed by atoms with E-state index in [1.165, 1.54) is 12.1 Å². The lowest BCUT2D eigenvalue weighted by atomic mass is 10.1. The minimum Gasteiger partial charge on any atom is -0.457 e. The predicted molar refractivity (Wildman–Crippen MR) is 113 cm³/mol. The summed E-state index contributed by atoms with van der Waals surface area (Å²) in [6, 6.07) is 15.1. The molecule has 0 unspecified atom stereocenters. The quantitative estimate of drug-likeness (QED) is 0.319. The zero-order chi connectivity index (χ0) is 22.0. The van der Waals surface area contributed by atoms with Crippen LogP contribution >= 0.6 is 0 Å². The topological polar surface area (TPSA) is 74.3 Å². The van der Waals surface area contributed by atoms with E-state index in [0.717, 1.165) is 16.9 Å². The molecule has 7 heteroatoms. The highest BCUT2D eigenvalue weighted by atomic mass is 19.1. The highest BCUT2D eigenvalue weighted by Crippen LogP contribution is 2.22. The number of aryl methyl sites for hydroxylation is 2. The molecule has 158 valence electrons. The van der Waals surface area contributed by atoms with E-state index in [-0.39, 0.29) is 24.6 Å². The van der Waals surface area contributed by atoms with Crippen molar-refractivity contribution in [2.24, 2.45) is 0 Å². The number of aromatic nitrogens is 2. The number of hydrogen-bond donors (Lipinski definition) is 0. The number of fused-ring (bicyclic) bond motifs is 1. The molecule has 2 aromatic heterocycles. The van der Waals surface area contributed by atoms with Gasteiger partial charge >= 0.3 is 5.97 Å². The van der Waals surface area contributed by atoms with Crippen LogP contribution < -0.4 is 0 Å². The number of esters is 1. The van der Waals surface area contributed by atoms with Gasteiger partial charge in [0.2, 0.25) is 5.78 Å². The van der Waals surface area contributed by atoms with Gasteiger partial charge in [0.05, 0.1) is 6.42 Å². The zero-order valence-corrected chi connectivity index (χ0v) is 17.2. The van der Waals surface area contributed by atoms with Gasteiger partial charge in [-0.1, -0.05) is 12.1 Å². The monoisotopic (exact) mass is 420 g/mol. The van der Waals surface area contributed by atoms with Crippen molar-refractivity contribution in [2.75, 3.05) is 6.61 Å². The summed E-state index contributed by atoms with van der Waals surface area (Å²) in [4.78, 5) is 29.0. The lowest BCUT2D eigenvalue weighted by Gasteiger charge is -2.10. The number of carbonyl (C=O) groups is 2. The number of ketones is 1. The van der Waals surface area contributed by atoms with Gasteiger partial charge in [-0.2, -0.15) is 0 Å². The number of rotatable bonds is 7. The van der Waals surface area contributed by atoms with Crippen molar-refractivity contribution in [3.63, 3.8) is 0 Å². The molecule has 4 aromatic rings. The Labute approximate surface area is 178 Å². The largest absolute Gasteiger partial charge is 0.457 e. The van der Waals surface area contributed by atoms with E-state index in [4.69, 9.17) is 9.15 Å². The first-order valence-electron chi connectivity index (χ1n) is 9.90. The average Bonchev–Trinajstić information content (AvgIpc) is 3.31. The van der Waals surface area contributed by atoms with E-state index >= 15 is 0 Å². The van der Waals surface area contributed by atoms with Crippen LogP contribution in [0.5, 0.6) is 0 Å². The molecular weight excluding hydrogens is 399 g/mol. The van der Waals surface area contributed by atoms with Crippen molar-refractivity contribution >= 4 is 22.9 Å². The van der Waals surface area contributed by atoms with E-state index in [9.17, 15) is 14.0 Å². The fourth-order valence-corrected chi connectivity index (χ4v) is 3.56. The van der Waals surface area contributed by atoms with E-state index in [1.54, 1.807) is 25.1 Å². The second kappa shape index (κ2) is 8.55.